The molecule has 3 nitrogen and oxygen atoms in total. The van der Waals surface area contributed by atoms with E-state index < -0.39 is 0 Å². The highest BCUT2D eigenvalue weighted by Crippen LogP contribution is 2.23. The van der Waals surface area contributed by atoms with Crippen molar-refractivity contribution >= 4 is 0 Å². The van der Waals surface area contributed by atoms with Gasteiger partial charge in [0.05, 0.1) is 6.61 Å². The maximum atomic E-state index is 5.62. The predicted octanol–water partition coefficient (Wildman–Crippen LogP) is 1.44. The van der Waals surface area contributed by atoms with Crippen LogP contribution in [0.25, 0.3) is 0 Å². The number of rotatable bonds is 3. The molecule has 0 saturated carbocycles. The first-order valence-corrected chi connectivity index (χ1v) is 6.34. The molecule has 2 fully saturated rings. The number of likely N-dealkylation sites (tertiary alicyclic amines) is 1. The van der Waals surface area contributed by atoms with Gasteiger partial charge in [-0.15, -0.1) is 0 Å². The lowest BCUT2D eigenvalue weighted by atomic mass is 9.93. The second-order valence-electron chi connectivity index (χ2n) is 5.15. The summed E-state index contributed by atoms with van der Waals surface area (Å²) in [5.41, 5.74) is 0. The first-order valence-electron chi connectivity index (χ1n) is 6.34. The molecule has 2 atom stereocenters. The Morgan fingerprint density at radius 1 is 1.47 bits per heavy atom. The molecule has 1 N–H and O–H groups in total. The van der Waals surface area contributed by atoms with Gasteiger partial charge >= 0.3 is 0 Å². The van der Waals surface area contributed by atoms with E-state index in [0.717, 1.165) is 19.1 Å². The number of ether oxygens (including phenoxy) is 1. The van der Waals surface area contributed by atoms with Crippen molar-refractivity contribution in [2.75, 3.05) is 26.2 Å². The Kier molecular flexibility index (Phi) is 4.00. The topological polar surface area (TPSA) is 24.5 Å². The first kappa shape index (κ1) is 11.4. The summed E-state index contributed by atoms with van der Waals surface area (Å²) >= 11 is 0. The lowest BCUT2D eigenvalue weighted by molar-refractivity contribution is 0.0544. The molecule has 0 bridgehead atoms. The average Bonchev–Trinajstić information content (AvgIpc) is 2.71. The molecule has 15 heavy (non-hydrogen) atoms. The maximum Gasteiger partial charge on any atom is 0.108 e. The monoisotopic (exact) mass is 212 g/mol. The summed E-state index contributed by atoms with van der Waals surface area (Å²) in [4.78, 5) is 2.60. The van der Waals surface area contributed by atoms with Gasteiger partial charge in [-0.2, -0.15) is 0 Å². The molecule has 2 unspecified atom stereocenters. The van der Waals surface area contributed by atoms with Gasteiger partial charge in [-0.3, -0.25) is 5.32 Å². The van der Waals surface area contributed by atoms with Gasteiger partial charge in [-0.05, 0) is 45.6 Å². The zero-order valence-electron chi connectivity index (χ0n) is 10.0. The Bertz CT molecular complexity index is 188. The van der Waals surface area contributed by atoms with Crippen molar-refractivity contribution in [3.8, 4) is 0 Å². The Morgan fingerprint density at radius 3 is 3.00 bits per heavy atom. The Balaban J connectivity index is 1.76. The molecule has 2 heterocycles. The molecule has 0 radical (unpaired) electrons. The molecule has 2 aliphatic rings. The maximum absolute atomic E-state index is 5.62. The quantitative estimate of drug-likeness (QED) is 0.766. The summed E-state index contributed by atoms with van der Waals surface area (Å²) in [6.07, 6.45) is 4.27. The molecule has 2 aliphatic heterocycles. The van der Waals surface area contributed by atoms with Crippen molar-refractivity contribution in [2.45, 2.75) is 45.4 Å². The second-order valence-corrected chi connectivity index (χ2v) is 5.15. The van der Waals surface area contributed by atoms with Crippen LogP contribution < -0.4 is 5.32 Å². The second kappa shape index (κ2) is 5.28. The van der Waals surface area contributed by atoms with Crippen LogP contribution in [-0.4, -0.2) is 43.4 Å². The van der Waals surface area contributed by atoms with Gasteiger partial charge in [0, 0.05) is 19.1 Å². The number of piperidine rings is 1. The summed E-state index contributed by atoms with van der Waals surface area (Å²) in [7, 11) is 0. The number of hydrogen-bond donors (Lipinski definition) is 1. The highest BCUT2D eigenvalue weighted by atomic mass is 16.5. The van der Waals surface area contributed by atoms with Gasteiger partial charge < -0.3 is 9.64 Å². The molecule has 0 aromatic rings. The minimum absolute atomic E-state index is 0.335. The van der Waals surface area contributed by atoms with E-state index in [1.165, 1.54) is 32.4 Å². The van der Waals surface area contributed by atoms with E-state index in [-0.39, 0.29) is 0 Å². The third-order valence-corrected chi connectivity index (χ3v) is 3.62. The number of nitrogens with zero attached hydrogens (tertiary/aromatic N) is 1. The van der Waals surface area contributed by atoms with Gasteiger partial charge in [0.2, 0.25) is 0 Å². The van der Waals surface area contributed by atoms with E-state index >= 15 is 0 Å². The largest absolute Gasteiger partial charge is 0.362 e. The van der Waals surface area contributed by atoms with Crippen LogP contribution in [-0.2, 0) is 4.74 Å². The molecular weight excluding hydrogens is 188 g/mol. The molecule has 2 rings (SSSR count). The molecular formula is C12H24N2O. The van der Waals surface area contributed by atoms with Crippen molar-refractivity contribution < 1.29 is 4.74 Å². The van der Waals surface area contributed by atoms with E-state index in [9.17, 15) is 0 Å². The van der Waals surface area contributed by atoms with Crippen LogP contribution in [0, 0.1) is 5.92 Å². The molecule has 3 heteroatoms. The van der Waals surface area contributed by atoms with Gasteiger partial charge in [0.15, 0.2) is 0 Å². The van der Waals surface area contributed by atoms with Crippen molar-refractivity contribution in [1.29, 1.82) is 0 Å². The zero-order chi connectivity index (χ0) is 10.7. The minimum atomic E-state index is 0.335. The number of hydrogen-bond acceptors (Lipinski definition) is 3. The van der Waals surface area contributed by atoms with E-state index in [1.54, 1.807) is 0 Å². The van der Waals surface area contributed by atoms with Gasteiger partial charge in [0.1, 0.15) is 6.23 Å². The summed E-state index contributed by atoms with van der Waals surface area (Å²) in [6.45, 7) is 9.07. The summed E-state index contributed by atoms with van der Waals surface area (Å²) in [5.74, 6) is 0.830. The molecule has 0 aliphatic carbocycles. The molecule has 0 spiro atoms. The van der Waals surface area contributed by atoms with E-state index in [1.807, 2.05) is 0 Å². The molecule has 0 aromatic heterocycles. The van der Waals surface area contributed by atoms with E-state index in [0.29, 0.717) is 12.3 Å². The van der Waals surface area contributed by atoms with Crippen LogP contribution in [0.3, 0.4) is 0 Å². The summed E-state index contributed by atoms with van der Waals surface area (Å²) in [6, 6.07) is 0.699. The lowest BCUT2D eigenvalue weighted by Gasteiger charge is -2.36. The Morgan fingerprint density at radius 2 is 2.33 bits per heavy atom. The molecule has 88 valence electrons. The smallest absolute Gasteiger partial charge is 0.108 e. The summed E-state index contributed by atoms with van der Waals surface area (Å²) < 4.78 is 5.62. The van der Waals surface area contributed by atoms with Crippen LogP contribution in [0.4, 0.5) is 0 Å². The third-order valence-electron chi connectivity index (χ3n) is 3.62. The van der Waals surface area contributed by atoms with Crippen LogP contribution in [0.5, 0.6) is 0 Å². The fourth-order valence-corrected chi connectivity index (χ4v) is 2.69. The molecule has 0 amide bonds. The predicted molar refractivity (Wildman–Crippen MR) is 61.8 cm³/mol. The fraction of sp³-hybridized carbons (Fsp3) is 1.00. The molecule has 0 aromatic carbocycles. The lowest BCUT2D eigenvalue weighted by Crippen LogP contribution is -2.41. The van der Waals surface area contributed by atoms with Gasteiger partial charge in [-0.1, -0.05) is 0 Å². The van der Waals surface area contributed by atoms with Crippen molar-refractivity contribution in [3.63, 3.8) is 0 Å². The van der Waals surface area contributed by atoms with Crippen LogP contribution in [0.1, 0.15) is 33.1 Å². The number of nitrogens with one attached hydrogen (secondary N) is 1. The van der Waals surface area contributed by atoms with Crippen LogP contribution >= 0.6 is 0 Å². The Labute approximate surface area is 93.2 Å². The zero-order valence-corrected chi connectivity index (χ0v) is 10.0. The highest BCUT2D eigenvalue weighted by molar-refractivity contribution is 4.78. The van der Waals surface area contributed by atoms with Crippen LogP contribution in [0.15, 0.2) is 0 Å². The SMILES string of the molecule is CC(C)N1CCCC(CC2NCCO2)C1. The highest BCUT2D eigenvalue weighted by Gasteiger charge is 2.25. The fourth-order valence-electron chi connectivity index (χ4n) is 2.69. The van der Waals surface area contributed by atoms with Crippen molar-refractivity contribution in [3.05, 3.63) is 0 Å². The summed E-state index contributed by atoms with van der Waals surface area (Å²) in [5, 5.41) is 3.41. The van der Waals surface area contributed by atoms with Gasteiger partial charge in [-0.25, -0.2) is 0 Å². The van der Waals surface area contributed by atoms with Crippen LogP contribution in [0.2, 0.25) is 0 Å². The van der Waals surface area contributed by atoms with Crippen molar-refractivity contribution in [1.82, 2.24) is 10.2 Å². The Hall–Kier alpha value is -0.120. The minimum Gasteiger partial charge on any atom is -0.362 e. The molecule has 2 saturated heterocycles. The van der Waals surface area contributed by atoms with E-state index in [4.69, 9.17) is 4.74 Å². The normalized spacial score (nSPS) is 33.8. The first-order chi connectivity index (χ1) is 7.25. The average molecular weight is 212 g/mol. The standard InChI is InChI=1S/C12H24N2O/c1-10(2)14-6-3-4-11(9-14)8-12-13-5-7-15-12/h10-13H,3-9H2,1-2H3. The van der Waals surface area contributed by atoms with Gasteiger partial charge in [0.25, 0.3) is 0 Å². The third kappa shape index (κ3) is 3.16. The van der Waals surface area contributed by atoms with E-state index in [2.05, 4.69) is 24.1 Å². The van der Waals surface area contributed by atoms with Crippen molar-refractivity contribution in [2.24, 2.45) is 5.92 Å².